The highest BCUT2D eigenvalue weighted by molar-refractivity contribution is 7.89. The quantitative estimate of drug-likeness (QED) is 0.597. The molecule has 0 radical (unpaired) electrons. The summed E-state index contributed by atoms with van der Waals surface area (Å²) in [6.45, 7) is 1.59. The molecule has 1 fully saturated rings. The van der Waals surface area contributed by atoms with Crippen LogP contribution in [0.5, 0.6) is 5.75 Å². The minimum absolute atomic E-state index is 0.0490. The van der Waals surface area contributed by atoms with Crippen molar-refractivity contribution in [2.75, 3.05) is 19.8 Å². The van der Waals surface area contributed by atoms with Crippen molar-refractivity contribution in [3.8, 4) is 18.1 Å². The van der Waals surface area contributed by atoms with Gasteiger partial charge in [0, 0.05) is 18.7 Å². The number of ether oxygens (including phenoxy) is 2. The van der Waals surface area contributed by atoms with E-state index in [0.29, 0.717) is 18.7 Å². The average molecular weight is 429 g/mol. The number of amides is 1. The van der Waals surface area contributed by atoms with Gasteiger partial charge in [-0.3, -0.25) is 4.79 Å². The van der Waals surface area contributed by atoms with Gasteiger partial charge in [0.1, 0.15) is 12.4 Å². The summed E-state index contributed by atoms with van der Waals surface area (Å²) in [6.07, 6.45) is 7.33. The fraction of sp³-hybridized carbons (Fsp3) is 0.318. The van der Waals surface area contributed by atoms with Gasteiger partial charge in [-0.15, -0.1) is 6.42 Å². The van der Waals surface area contributed by atoms with Crippen molar-refractivity contribution in [3.63, 3.8) is 0 Å². The van der Waals surface area contributed by atoms with Crippen LogP contribution < -0.4 is 14.8 Å². The molecular formula is C22H24N2O5S. The van der Waals surface area contributed by atoms with Crippen LogP contribution >= 0.6 is 0 Å². The van der Waals surface area contributed by atoms with Crippen LogP contribution in [0.25, 0.3) is 0 Å². The topological polar surface area (TPSA) is 93.7 Å². The third kappa shape index (κ3) is 6.07. The number of hydrogen-bond acceptors (Lipinski definition) is 5. The average Bonchev–Trinajstić information content (AvgIpc) is 3.29. The fourth-order valence-corrected chi connectivity index (χ4v) is 3.89. The summed E-state index contributed by atoms with van der Waals surface area (Å²) in [4.78, 5) is 12.4. The van der Waals surface area contributed by atoms with Crippen LogP contribution in [0.1, 0.15) is 28.8 Å². The molecule has 0 aliphatic carbocycles. The fourth-order valence-electron chi connectivity index (χ4n) is 2.96. The van der Waals surface area contributed by atoms with Gasteiger partial charge in [-0.2, -0.15) is 4.72 Å². The van der Waals surface area contributed by atoms with Crippen LogP contribution in [0.15, 0.2) is 53.4 Å². The Labute approximate surface area is 176 Å². The van der Waals surface area contributed by atoms with E-state index in [-0.39, 0.29) is 23.5 Å². The van der Waals surface area contributed by atoms with Crippen LogP contribution in [0.4, 0.5) is 0 Å². The maximum absolute atomic E-state index is 12.3. The lowest BCUT2D eigenvalue weighted by molar-refractivity contribution is 0.0679. The van der Waals surface area contributed by atoms with E-state index in [4.69, 9.17) is 15.9 Å². The van der Waals surface area contributed by atoms with Gasteiger partial charge in [0.15, 0.2) is 0 Å². The van der Waals surface area contributed by atoms with E-state index < -0.39 is 10.0 Å². The molecule has 1 unspecified atom stereocenters. The first-order valence-electron chi connectivity index (χ1n) is 9.63. The third-order valence-electron chi connectivity index (χ3n) is 4.63. The maximum atomic E-state index is 12.3. The highest BCUT2D eigenvalue weighted by atomic mass is 32.2. The Balaban J connectivity index is 1.49. The van der Waals surface area contributed by atoms with Gasteiger partial charge in [-0.05, 0) is 54.8 Å². The van der Waals surface area contributed by atoms with E-state index in [1.165, 1.54) is 24.3 Å². The number of carbonyl (C=O) groups is 1. The molecule has 2 aromatic carbocycles. The van der Waals surface area contributed by atoms with E-state index in [2.05, 4.69) is 16.0 Å². The van der Waals surface area contributed by atoms with E-state index in [1.807, 2.05) is 24.3 Å². The van der Waals surface area contributed by atoms with Gasteiger partial charge in [0.05, 0.1) is 17.5 Å². The standard InChI is InChI=1S/C22H24N2O5S/c1-2-13-24-30(26,27)21-11-7-18(8-12-21)22(25)23-15-17-5-9-19(10-6-17)29-16-20-4-3-14-28-20/h1,5-12,20,24H,3-4,13-16H2,(H,23,25). The smallest absolute Gasteiger partial charge is 0.251 e. The van der Waals surface area contributed by atoms with Crippen molar-refractivity contribution in [1.82, 2.24) is 10.0 Å². The number of carbonyl (C=O) groups excluding carboxylic acids is 1. The molecule has 0 saturated carbocycles. The SMILES string of the molecule is C#CCNS(=O)(=O)c1ccc(C(=O)NCc2ccc(OCC3CCCO3)cc2)cc1. The van der Waals surface area contributed by atoms with Gasteiger partial charge in [-0.25, -0.2) is 8.42 Å². The molecule has 3 rings (SSSR count). The lowest BCUT2D eigenvalue weighted by Gasteiger charge is -2.12. The minimum Gasteiger partial charge on any atom is -0.491 e. The Morgan fingerprint density at radius 3 is 2.53 bits per heavy atom. The summed E-state index contributed by atoms with van der Waals surface area (Å²) in [5.74, 6) is 2.67. The van der Waals surface area contributed by atoms with Gasteiger partial charge in [0.2, 0.25) is 10.0 Å². The highest BCUT2D eigenvalue weighted by Crippen LogP contribution is 2.17. The number of hydrogen-bond donors (Lipinski definition) is 2. The van der Waals surface area contributed by atoms with Gasteiger partial charge >= 0.3 is 0 Å². The van der Waals surface area contributed by atoms with Gasteiger partial charge in [0.25, 0.3) is 5.91 Å². The van der Waals surface area contributed by atoms with Crippen LogP contribution in [0, 0.1) is 12.3 Å². The molecular weight excluding hydrogens is 404 g/mol. The first-order valence-corrected chi connectivity index (χ1v) is 11.1. The second-order valence-corrected chi connectivity index (χ2v) is 8.59. The van der Waals surface area contributed by atoms with Crippen LogP contribution in [-0.2, 0) is 21.3 Å². The molecule has 0 bridgehead atoms. The van der Waals surface area contributed by atoms with E-state index in [0.717, 1.165) is 30.8 Å². The van der Waals surface area contributed by atoms with E-state index in [9.17, 15) is 13.2 Å². The molecule has 1 atom stereocenters. The highest BCUT2D eigenvalue weighted by Gasteiger charge is 2.16. The maximum Gasteiger partial charge on any atom is 0.251 e. The molecule has 8 heteroatoms. The normalized spacial score (nSPS) is 16.0. The Bertz CT molecular complexity index is 989. The Morgan fingerprint density at radius 2 is 1.90 bits per heavy atom. The number of benzene rings is 2. The zero-order valence-corrected chi connectivity index (χ0v) is 17.3. The first kappa shape index (κ1) is 21.8. The molecule has 158 valence electrons. The number of rotatable bonds is 9. The molecule has 1 heterocycles. The minimum atomic E-state index is -3.68. The molecule has 0 spiro atoms. The summed E-state index contributed by atoms with van der Waals surface area (Å²) in [7, 11) is -3.68. The van der Waals surface area contributed by atoms with Crippen molar-refractivity contribution in [2.45, 2.75) is 30.4 Å². The van der Waals surface area contributed by atoms with Crippen molar-refractivity contribution in [3.05, 3.63) is 59.7 Å². The Kier molecular flexibility index (Phi) is 7.46. The number of nitrogens with one attached hydrogen (secondary N) is 2. The summed E-state index contributed by atoms with van der Waals surface area (Å²) in [5, 5.41) is 2.81. The lowest BCUT2D eigenvalue weighted by atomic mass is 10.2. The molecule has 2 aromatic rings. The van der Waals surface area contributed by atoms with Crippen molar-refractivity contribution >= 4 is 15.9 Å². The number of sulfonamides is 1. The third-order valence-corrected chi connectivity index (χ3v) is 6.04. The van der Waals surface area contributed by atoms with Crippen LogP contribution in [0.3, 0.4) is 0 Å². The monoisotopic (exact) mass is 428 g/mol. The van der Waals surface area contributed by atoms with E-state index in [1.54, 1.807) is 0 Å². The Hall–Kier alpha value is -2.86. The molecule has 1 saturated heterocycles. The zero-order valence-electron chi connectivity index (χ0n) is 16.5. The molecule has 2 N–H and O–H groups in total. The largest absolute Gasteiger partial charge is 0.491 e. The van der Waals surface area contributed by atoms with Crippen molar-refractivity contribution in [1.29, 1.82) is 0 Å². The zero-order chi connectivity index (χ0) is 21.4. The summed E-state index contributed by atoms with van der Waals surface area (Å²) < 4.78 is 37.5. The second kappa shape index (κ2) is 10.3. The predicted molar refractivity (Wildman–Crippen MR) is 113 cm³/mol. The first-order chi connectivity index (χ1) is 14.5. The summed E-state index contributed by atoms with van der Waals surface area (Å²) in [5.41, 5.74) is 1.29. The molecule has 0 aromatic heterocycles. The number of terminal acetylenes is 1. The van der Waals surface area contributed by atoms with Gasteiger partial charge < -0.3 is 14.8 Å². The van der Waals surface area contributed by atoms with Gasteiger partial charge in [-0.1, -0.05) is 18.1 Å². The van der Waals surface area contributed by atoms with Crippen LogP contribution in [0.2, 0.25) is 0 Å². The molecule has 1 aliphatic heterocycles. The summed E-state index contributed by atoms with van der Waals surface area (Å²) >= 11 is 0. The van der Waals surface area contributed by atoms with Crippen LogP contribution in [-0.4, -0.2) is 40.2 Å². The lowest BCUT2D eigenvalue weighted by Crippen LogP contribution is -2.25. The van der Waals surface area contributed by atoms with Crippen molar-refractivity contribution in [2.24, 2.45) is 0 Å². The second-order valence-electron chi connectivity index (χ2n) is 6.83. The Morgan fingerprint density at radius 1 is 1.17 bits per heavy atom. The molecule has 30 heavy (non-hydrogen) atoms. The summed E-state index contributed by atoms with van der Waals surface area (Å²) in [6, 6.07) is 13.2. The molecule has 7 nitrogen and oxygen atoms in total. The predicted octanol–water partition coefficient (Wildman–Crippen LogP) is 2.09. The molecule has 1 aliphatic rings. The van der Waals surface area contributed by atoms with Crippen molar-refractivity contribution < 1.29 is 22.7 Å². The molecule has 1 amide bonds. The van der Waals surface area contributed by atoms with E-state index >= 15 is 0 Å².